The van der Waals surface area contributed by atoms with E-state index in [1.165, 1.54) is 6.42 Å². The highest BCUT2D eigenvalue weighted by atomic mass is 35.5. The number of carbonyl (C=O) groups is 2. The van der Waals surface area contributed by atoms with E-state index >= 15 is 0 Å². The van der Waals surface area contributed by atoms with E-state index < -0.39 is 5.97 Å². The number of anilines is 1. The lowest BCUT2D eigenvalue weighted by molar-refractivity contribution is -0.137. The van der Waals surface area contributed by atoms with Crippen molar-refractivity contribution in [3.8, 4) is 0 Å². The van der Waals surface area contributed by atoms with Gasteiger partial charge in [0.05, 0.1) is 28.1 Å². The highest BCUT2D eigenvalue weighted by Crippen LogP contribution is 2.51. The van der Waals surface area contributed by atoms with Gasteiger partial charge in [-0.25, -0.2) is 4.68 Å². The fourth-order valence-corrected chi connectivity index (χ4v) is 5.64. The summed E-state index contributed by atoms with van der Waals surface area (Å²) in [6, 6.07) is 5.12. The number of aryl methyl sites for hydroxylation is 1. The smallest absolute Gasteiger partial charge is 0.303 e. The predicted molar refractivity (Wildman–Crippen MR) is 137 cm³/mol. The van der Waals surface area contributed by atoms with E-state index in [0.29, 0.717) is 40.3 Å². The molecule has 2 saturated carbocycles. The Kier molecular flexibility index (Phi) is 7.55. The van der Waals surface area contributed by atoms with E-state index in [1.54, 1.807) is 12.1 Å². The molecule has 2 aliphatic rings. The van der Waals surface area contributed by atoms with Crippen LogP contribution in [0.15, 0.2) is 18.2 Å². The average Bonchev–Trinajstić information content (AvgIpc) is 3.47. The molecular weight excluding hydrogens is 464 g/mol. The van der Waals surface area contributed by atoms with Crippen molar-refractivity contribution in [2.75, 3.05) is 5.32 Å². The minimum Gasteiger partial charge on any atom is -0.481 e. The molecule has 2 N–H and O–H groups in total. The van der Waals surface area contributed by atoms with Gasteiger partial charge in [0.25, 0.3) is 0 Å². The van der Waals surface area contributed by atoms with E-state index in [4.69, 9.17) is 11.6 Å². The maximum Gasteiger partial charge on any atom is 0.303 e. The summed E-state index contributed by atoms with van der Waals surface area (Å²) in [6.45, 7) is 8.80. The highest BCUT2D eigenvalue weighted by Gasteiger charge is 2.41. The van der Waals surface area contributed by atoms with Gasteiger partial charge in [-0.2, -0.15) is 0 Å². The molecule has 8 heteroatoms. The van der Waals surface area contributed by atoms with Gasteiger partial charge in [0.15, 0.2) is 0 Å². The van der Waals surface area contributed by atoms with Crippen molar-refractivity contribution < 1.29 is 14.7 Å². The average molecular weight is 501 g/mol. The van der Waals surface area contributed by atoms with Crippen LogP contribution in [0.25, 0.3) is 0 Å². The molecule has 0 aliphatic heterocycles. The number of nitrogens with one attached hydrogen (secondary N) is 1. The molecule has 1 heterocycles. The topological polar surface area (TPSA) is 97.1 Å². The van der Waals surface area contributed by atoms with Crippen molar-refractivity contribution in [2.24, 2.45) is 11.3 Å². The maximum atomic E-state index is 13.0. The number of aromatic nitrogens is 3. The van der Waals surface area contributed by atoms with Gasteiger partial charge in [0.2, 0.25) is 5.91 Å². The number of halogens is 1. The molecular formula is C27H37ClN4O3. The Labute approximate surface area is 212 Å². The van der Waals surface area contributed by atoms with Crippen molar-refractivity contribution in [3.05, 3.63) is 40.2 Å². The Morgan fingerprint density at radius 3 is 2.54 bits per heavy atom. The number of hydrogen-bond acceptors (Lipinski definition) is 4. The first kappa shape index (κ1) is 25.7. The van der Waals surface area contributed by atoms with Crippen LogP contribution in [0, 0.1) is 18.3 Å². The Bertz CT molecular complexity index is 1080. The van der Waals surface area contributed by atoms with Crippen LogP contribution in [0.3, 0.4) is 0 Å². The first-order chi connectivity index (χ1) is 16.5. The number of carboxylic acid groups (broad SMARTS) is 1. The van der Waals surface area contributed by atoms with Crippen LogP contribution < -0.4 is 5.32 Å². The predicted octanol–water partition coefficient (Wildman–Crippen LogP) is 6.48. The normalized spacial score (nSPS) is 20.8. The van der Waals surface area contributed by atoms with Gasteiger partial charge in [-0.3, -0.25) is 9.59 Å². The van der Waals surface area contributed by atoms with Crippen LogP contribution in [-0.2, 0) is 9.59 Å². The fraction of sp³-hybridized carbons (Fsp3) is 0.630. The molecule has 0 radical (unpaired) electrons. The first-order valence-electron chi connectivity index (χ1n) is 12.7. The van der Waals surface area contributed by atoms with Crippen molar-refractivity contribution >= 4 is 29.2 Å². The molecule has 1 amide bonds. The summed E-state index contributed by atoms with van der Waals surface area (Å²) in [6.07, 6.45) is 6.06. The van der Waals surface area contributed by atoms with Crippen molar-refractivity contribution in [3.63, 3.8) is 0 Å². The zero-order chi connectivity index (χ0) is 25.3. The largest absolute Gasteiger partial charge is 0.481 e. The lowest BCUT2D eigenvalue weighted by atomic mass is 9.67. The van der Waals surface area contributed by atoms with Crippen LogP contribution in [0.5, 0.6) is 0 Å². The summed E-state index contributed by atoms with van der Waals surface area (Å²) in [4.78, 5) is 24.4. The van der Waals surface area contributed by atoms with Crippen LogP contribution in [0.4, 0.5) is 5.69 Å². The number of carboxylic acids is 1. The molecule has 1 atom stereocenters. The summed E-state index contributed by atoms with van der Waals surface area (Å²) in [5.74, 6) is 0.439. The van der Waals surface area contributed by atoms with E-state index in [2.05, 4.69) is 36.4 Å². The molecule has 2 fully saturated rings. The lowest BCUT2D eigenvalue weighted by Gasteiger charge is -2.38. The second-order valence-electron chi connectivity index (χ2n) is 11.7. The molecule has 190 valence electrons. The van der Waals surface area contributed by atoms with Crippen molar-refractivity contribution in [1.82, 2.24) is 15.0 Å². The van der Waals surface area contributed by atoms with E-state index in [0.717, 1.165) is 42.6 Å². The Morgan fingerprint density at radius 2 is 1.94 bits per heavy atom. The minimum absolute atomic E-state index is 0.0282. The Morgan fingerprint density at radius 1 is 1.23 bits per heavy atom. The summed E-state index contributed by atoms with van der Waals surface area (Å²) in [5, 5.41) is 21.8. The summed E-state index contributed by atoms with van der Waals surface area (Å²) < 4.78 is 1.88. The number of nitrogens with zero attached hydrogens (tertiary/aromatic N) is 3. The third kappa shape index (κ3) is 6.63. The maximum absolute atomic E-state index is 13.0. The highest BCUT2D eigenvalue weighted by molar-refractivity contribution is 6.33. The molecule has 2 aliphatic carbocycles. The van der Waals surface area contributed by atoms with Crippen LogP contribution >= 0.6 is 11.6 Å². The number of aliphatic carboxylic acids is 1. The molecule has 1 aromatic heterocycles. The molecule has 0 saturated heterocycles. The summed E-state index contributed by atoms with van der Waals surface area (Å²) in [7, 11) is 0. The van der Waals surface area contributed by atoms with Crippen LogP contribution in [0.2, 0.25) is 5.02 Å². The number of carbonyl (C=O) groups excluding carboxylic acids is 1. The molecule has 2 aromatic rings. The Balaban J connectivity index is 1.51. The van der Waals surface area contributed by atoms with Crippen LogP contribution in [0.1, 0.15) is 107 Å². The van der Waals surface area contributed by atoms with Gasteiger partial charge in [0.1, 0.15) is 0 Å². The molecule has 0 bridgehead atoms. The molecule has 7 nitrogen and oxygen atoms in total. The second-order valence-corrected chi connectivity index (χ2v) is 12.1. The fourth-order valence-electron chi connectivity index (χ4n) is 5.36. The van der Waals surface area contributed by atoms with Gasteiger partial charge >= 0.3 is 5.97 Å². The van der Waals surface area contributed by atoms with Gasteiger partial charge < -0.3 is 10.4 Å². The number of rotatable bonds is 10. The molecule has 4 rings (SSSR count). The van der Waals surface area contributed by atoms with Gasteiger partial charge in [-0.05, 0) is 74.5 Å². The van der Waals surface area contributed by atoms with Gasteiger partial charge in [-0.15, -0.1) is 5.10 Å². The number of hydrogen-bond donors (Lipinski definition) is 2. The molecule has 35 heavy (non-hydrogen) atoms. The lowest BCUT2D eigenvalue weighted by Crippen LogP contribution is -2.27. The van der Waals surface area contributed by atoms with E-state index in [1.807, 2.05) is 17.7 Å². The van der Waals surface area contributed by atoms with Crippen molar-refractivity contribution in [2.45, 2.75) is 96.9 Å². The molecule has 0 unspecified atom stereocenters. The van der Waals surface area contributed by atoms with Gasteiger partial charge in [0, 0.05) is 24.7 Å². The number of benzene rings is 1. The summed E-state index contributed by atoms with van der Waals surface area (Å²) in [5.41, 5.74) is 4.08. The standard InChI is InChI=1S/C27H37ClN4O3/c1-16-5-9-22(21(28)11-16)29-23(33)14-20(8-10-24(34)35)32-26(18-6-7-18)25(30-31-32)19-12-17(13-19)15-27(2,3)4/h5,9,11,17-20H,6-8,10,12-15H2,1-4H3,(H,29,33)(H,34,35)/t17-,19+,20-/m0/s1. The quantitative estimate of drug-likeness (QED) is 0.389. The zero-order valence-electron chi connectivity index (χ0n) is 21.2. The second kappa shape index (κ2) is 10.3. The molecule has 1 aromatic carbocycles. The zero-order valence-corrected chi connectivity index (χ0v) is 21.9. The minimum atomic E-state index is -0.880. The van der Waals surface area contributed by atoms with E-state index in [-0.39, 0.29) is 24.8 Å². The third-order valence-electron chi connectivity index (χ3n) is 7.10. The number of amides is 1. The van der Waals surface area contributed by atoms with Crippen molar-refractivity contribution in [1.29, 1.82) is 0 Å². The monoisotopic (exact) mass is 500 g/mol. The summed E-state index contributed by atoms with van der Waals surface area (Å²) >= 11 is 6.30. The SMILES string of the molecule is Cc1ccc(NC(=O)C[C@H](CCC(=O)O)n2nnc([C@H]3C[C@@H](CC(C)(C)C)C3)c2C2CC2)c(Cl)c1. The third-order valence-corrected chi connectivity index (χ3v) is 7.42. The first-order valence-corrected chi connectivity index (χ1v) is 13.1. The van der Waals surface area contributed by atoms with Crippen LogP contribution in [-0.4, -0.2) is 32.0 Å². The van der Waals surface area contributed by atoms with E-state index in [9.17, 15) is 14.7 Å². The molecule has 0 spiro atoms. The Hall–Kier alpha value is -2.41. The van der Waals surface area contributed by atoms with Gasteiger partial charge in [-0.1, -0.05) is 43.7 Å².